The lowest BCUT2D eigenvalue weighted by molar-refractivity contribution is -0.123. The van der Waals surface area contributed by atoms with Crippen LogP contribution in [0.25, 0.3) is 0 Å². The second-order valence-corrected chi connectivity index (χ2v) is 3.04. The summed E-state index contributed by atoms with van der Waals surface area (Å²) in [4.78, 5) is 11.3. The zero-order valence-electron chi connectivity index (χ0n) is 8.34. The highest BCUT2D eigenvalue weighted by molar-refractivity contribution is 5.82. The molecule has 0 rings (SSSR count). The molecule has 3 nitrogen and oxygen atoms in total. The minimum atomic E-state index is -0.564. The van der Waals surface area contributed by atoms with E-state index in [1.165, 1.54) is 0 Å². The summed E-state index contributed by atoms with van der Waals surface area (Å²) < 4.78 is 0. The zero-order chi connectivity index (χ0) is 10.3. The molecule has 3 heteroatoms. The molecule has 1 amide bonds. The Morgan fingerprint density at radius 3 is 2.46 bits per heavy atom. The van der Waals surface area contributed by atoms with Crippen LogP contribution < -0.4 is 11.1 Å². The Morgan fingerprint density at radius 1 is 1.54 bits per heavy atom. The van der Waals surface area contributed by atoms with E-state index in [0.29, 0.717) is 6.42 Å². The lowest BCUT2D eigenvalue weighted by Crippen LogP contribution is -2.44. The van der Waals surface area contributed by atoms with Crippen molar-refractivity contribution in [2.45, 2.75) is 45.2 Å². The number of terminal acetylenes is 1. The van der Waals surface area contributed by atoms with Gasteiger partial charge in [0, 0.05) is 12.5 Å². The summed E-state index contributed by atoms with van der Waals surface area (Å²) in [5.74, 6) is 2.23. The normalized spacial score (nSPS) is 12.2. The summed E-state index contributed by atoms with van der Waals surface area (Å²) in [6.07, 6.45) is 7.19. The smallest absolute Gasteiger partial charge is 0.238 e. The number of hydrogen-bond acceptors (Lipinski definition) is 2. The predicted octanol–water partition coefficient (Wildman–Crippen LogP) is 0.642. The van der Waals surface area contributed by atoms with Crippen molar-refractivity contribution < 1.29 is 4.79 Å². The molecular formula is C10H18N2O. The van der Waals surface area contributed by atoms with Gasteiger partial charge in [-0.2, -0.15) is 0 Å². The van der Waals surface area contributed by atoms with Crippen molar-refractivity contribution in [3.8, 4) is 12.3 Å². The molecule has 0 bridgehead atoms. The van der Waals surface area contributed by atoms with Gasteiger partial charge in [0.25, 0.3) is 0 Å². The first-order chi connectivity index (χ1) is 6.15. The zero-order valence-corrected chi connectivity index (χ0v) is 8.34. The van der Waals surface area contributed by atoms with Crippen LogP contribution in [0.4, 0.5) is 0 Å². The summed E-state index contributed by atoms with van der Waals surface area (Å²) in [5.41, 5.74) is 5.53. The number of carbonyl (C=O) groups excluding carboxylic acids is 1. The number of hydrogen-bond donors (Lipinski definition) is 2. The lowest BCUT2D eigenvalue weighted by atomic mass is 10.1. The van der Waals surface area contributed by atoms with E-state index in [9.17, 15) is 4.79 Å². The van der Waals surface area contributed by atoms with Gasteiger partial charge in [0.05, 0.1) is 6.04 Å². The molecule has 0 aliphatic heterocycles. The SMILES string of the molecule is C#CCC(N)C(=O)NC(CC)CC. The van der Waals surface area contributed by atoms with Gasteiger partial charge >= 0.3 is 0 Å². The maximum absolute atomic E-state index is 11.3. The van der Waals surface area contributed by atoms with Gasteiger partial charge < -0.3 is 11.1 Å². The topological polar surface area (TPSA) is 55.1 Å². The molecule has 0 aliphatic rings. The van der Waals surface area contributed by atoms with Crippen LogP contribution in [0, 0.1) is 12.3 Å². The molecule has 1 atom stereocenters. The van der Waals surface area contributed by atoms with E-state index in [1.807, 2.05) is 13.8 Å². The molecule has 0 saturated heterocycles. The van der Waals surface area contributed by atoms with Gasteiger partial charge in [-0.05, 0) is 12.8 Å². The third-order valence-electron chi connectivity index (χ3n) is 2.01. The average molecular weight is 182 g/mol. The van der Waals surface area contributed by atoms with Gasteiger partial charge in [-0.25, -0.2) is 0 Å². The fraction of sp³-hybridized carbons (Fsp3) is 0.700. The van der Waals surface area contributed by atoms with E-state index in [4.69, 9.17) is 12.2 Å². The number of amides is 1. The number of carbonyl (C=O) groups is 1. The molecular weight excluding hydrogens is 164 g/mol. The van der Waals surface area contributed by atoms with E-state index in [-0.39, 0.29) is 11.9 Å². The highest BCUT2D eigenvalue weighted by Gasteiger charge is 2.14. The monoisotopic (exact) mass is 182 g/mol. The largest absolute Gasteiger partial charge is 0.352 e. The highest BCUT2D eigenvalue weighted by atomic mass is 16.2. The standard InChI is InChI=1S/C10H18N2O/c1-4-7-9(11)10(13)12-8(5-2)6-3/h1,8-9H,5-7,11H2,2-3H3,(H,12,13). The molecule has 1 unspecified atom stereocenters. The molecule has 0 radical (unpaired) electrons. The molecule has 0 aromatic heterocycles. The summed E-state index contributed by atoms with van der Waals surface area (Å²) in [6.45, 7) is 4.06. The molecule has 0 spiro atoms. The number of rotatable bonds is 5. The van der Waals surface area contributed by atoms with Gasteiger partial charge in [-0.15, -0.1) is 12.3 Å². The molecule has 0 aromatic carbocycles. The Hall–Kier alpha value is -1.01. The van der Waals surface area contributed by atoms with Crippen LogP contribution in [0.5, 0.6) is 0 Å². The molecule has 0 heterocycles. The Labute approximate surface area is 80.1 Å². The summed E-state index contributed by atoms with van der Waals surface area (Å²) in [5, 5.41) is 2.84. The third-order valence-corrected chi connectivity index (χ3v) is 2.01. The van der Waals surface area contributed by atoms with E-state index < -0.39 is 6.04 Å². The van der Waals surface area contributed by atoms with Crippen molar-refractivity contribution in [3.05, 3.63) is 0 Å². The number of nitrogens with two attached hydrogens (primary N) is 1. The van der Waals surface area contributed by atoms with Crippen LogP contribution in [-0.2, 0) is 4.79 Å². The van der Waals surface area contributed by atoms with Gasteiger partial charge in [0.1, 0.15) is 0 Å². The second kappa shape index (κ2) is 6.50. The van der Waals surface area contributed by atoms with Crippen molar-refractivity contribution in [2.24, 2.45) is 5.73 Å². The van der Waals surface area contributed by atoms with Crippen LogP contribution in [0.2, 0.25) is 0 Å². The van der Waals surface area contributed by atoms with Gasteiger partial charge in [-0.3, -0.25) is 4.79 Å². The first kappa shape index (κ1) is 12.0. The van der Waals surface area contributed by atoms with Gasteiger partial charge in [-0.1, -0.05) is 13.8 Å². The molecule has 0 fully saturated rings. The van der Waals surface area contributed by atoms with E-state index >= 15 is 0 Å². The summed E-state index contributed by atoms with van der Waals surface area (Å²) >= 11 is 0. The Balaban J connectivity index is 3.91. The molecule has 3 N–H and O–H groups in total. The van der Waals surface area contributed by atoms with Crippen molar-refractivity contribution in [3.63, 3.8) is 0 Å². The second-order valence-electron chi connectivity index (χ2n) is 3.04. The van der Waals surface area contributed by atoms with Crippen molar-refractivity contribution in [1.29, 1.82) is 0 Å². The van der Waals surface area contributed by atoms with Crippen molar-refractivity contribution in [1.82, 2.24) is 5.32 Å². The van der Waals surface area contributed by atoms with Crippen LogP contribution in [0.3, 0.4) is 0 Å². The van der Waals surface area contributed by atoms with E-state index in [1.54, 1.807) is 0 Å². The fourth-order valence-corrected chi connectivity index (χ4v) is 1.02. The maximum atomic E-state index is 11.3. The highest BCUT2D eigenvalue weighted by Crippen LogP contribution is 1.97. The molecule has 74 valence electrons. The van der Waals surface area contributed by atoms with Gasteiger partial charge in [0.2, 0.25) is 5.91 Å². The van der Waals surface area contributed by atoms with Crippen LogP contribution in [-0.4, -0.2) is 18.0 Å². The molecule has 13 heavy (non-hydrogen) atoms. The molecule has 0 aromatic rings. The lowest BCUT2D eigenvalue weighted by Gasteiger charge is -2.17. The van der Waals surface area contributed by atoms with E-state index in [0.717, 1.165) is 12.8 Å². The average Bonchev–Trinajstić information content (AvgIpc) is 2.14. The fourth-order valence-electron chi connectivity index (χ4n) is 1.02. The van der Waals surface area contributed by atoms with E-state index in [2.05, 4.69) is 11.2 Å². The van der Waals surface area contributed by atoms with Gasteiger partial charge in [0.15, 0.2) is 0 Å². The number of nitrogens with one attached hydrogen (secondary N) is 1. The van der Waals surface area contributed by atoms with Crippen LogP contribution >= 0.6 is 0 Å². The third kappa shape index (κ3) is 4.54. The molecule has 0 aliphatic carbocycles. The first-order valence-corrected chi connectivity index (χ1v) is 4.65. The quantitative estimate of drug-likeness (QED) is 0.613. The summed E-state index contributed by atoms with van der Waals surface area (Å²) in [6, 6.07) is -0.345. The van der Waals surface area contributed by atoms with Crippen LogP contribution in [0.15, 0.2) is 0 Å². The summed E-state index contributed by atoms with van der Waals surface area (Å²) in [7, 11) is 0. The maximum Gasteiger partial charge on any atom is 0.238 e. The van der Waals surface area contributed by atoms with Crippen molar-refractivity contribution in [2.75, 3.05) is 0 Å². The predicted molar refractivity (Wildman–Crippen MR) is 53.9 cm³/mol. The van der Waals surface area contributed by atoms with Crippen LogP contribution in [0.1, 0.15) is 33.1 Å². The van der Waals surface area contributed by atoms with Crippen molar-refractivity contribution >= 4 is 5.91 Å². The Kier molecular flexibility index (Phi) is 5.99. The minimum absolute atomic E-state index is 0.147. The minimum Gasteiger partial charge on any atom is -0.352 e. The molecule has 0 saturated carbocycles. The Bertz CT molecular complexity index is 192. The first-order valence-electron chi connectivity index (χ1n) is 4.65. The Morgan fingerprint density at radius 2 is 2.08 bits per heavy atom.